The van der Waals surface area contributed by atoms with E-state index in [1.807, 2.05) is 106 Å². The third-order valence-electron chi connectivity index (χ3n) is 12.2. The van der Waals surface area contributed by atoms with E-state index in [2.05, 4.69) is 11.4 Å². The van der Waals surface area contributed by atoms with Gasteiger partial charge in [-0.1, -0.05) is 80.6 Å². The van der Waals surface area contributed by atoms with Gasteiger partial charge in [0.05, 0.1) is 17.1 Å². The minimum Gasteiger partial charge on any atom is -0.350 e. The second-order valence-corrected chi connectivity index (χ2v) is 18.1. The Labute approximate surface area is 351 Å². The van der Waals surface area contributed by atoms with Gasteiger partial charge in [0.25, 0.3) is 5.91 Å². The number of likely N-dealkylation sites (tertiary alicyclic amines) is 2. The lowest BCUT2D eigenvalue weighted by Crippen LogP contribution is -2.55. The normalized spacial score (nSPS) is 20.1. The van der Waals surface area contributed by atoms with Gasteiger partial charge in [0.15, 0.2) is 0 Å². The standard InChI is InChI=1S/C47H56N6O5S/c1-28(2)42(53-26-35-14-9-10-15-39(35)46(53)57)47(58)51-19-11-16-40(51)44(55)49-25-34-18-17-33(20-29(34)3)43-31(5)50-41(59-43)27-52-30(4)21-36(45(52)56)23-38(54)24-37(48)22-32-12-7-6-8-13-32/h6-10,12-15,17-18,20,28,30,36-37,40,42H,11,16,19,21-27,48H2,1-5H3,(H,49,55)/t30?,36-,37-,40?,42?/m1/s1. The average molecular weight is 817 g/mol. The smallest absolute Gasteiger partial charge is 0.255 e. The molecule has 3 aliphatic rings. The summed E-state index contributed by atoms with van der Waals surface area (Å²) >= 11 is 1.57. The van der Waals surface area contributed by atoms with Crippen LogP contribution in [0.5, 0.6) is 0 Å². The number of Topliss-reactive ketones (excluding diaryl/α,β-unsaturated/α-hetero) is 1. The maximum Gasteiger partial charge on any atom is 0.255 e. The average Bonchev–Trinajstić information content (AvgIpc) is 3.97. The van der Waals surface area contributed by atoms with Gasteiger partial charge in [-0.25, -0.2) is 4.98 Å². The predicted octanol–water partition coefficient (Wildman–Crippen LogP) is 6.37. The number of nitrogens with one attached hydrogen (secondary N) is 1. The number of amides is 4. The van der Waals surface area contributed by atoms with Crippen LogP contribution >= 0.6 is 11.3 Å². The third-order valence-corrected chi connectivity index (χ3v) is 13.4. The van der Waals surface area contributed by atoms with Crippen LogP contribution in [0.25, 0.3) is 10.4 Å². The zero-order chi connectivity index (χ0) is 42.0. The predicted molar refractivity (Wildman–Crippen MR) is 229 cm³/mol. The Bertz CT molecular complexity index is 2220. The summed E-state index contributed by atoms with van der Waals surface area (Å²) in [6.45, 7) is 11.5. The topological polar surface area (TPSA) is 146 Å². The summed E-state index contributed by atoms with van der Waals surface area (Å²) in [4.78, 5) is 78.7. The first-order chi connectivity index (χ1) is 28.3. The zero-order valence-electron chi connectivity index (χ0n) is 34.8. The molecule has 0 saturated carbocycles. The summed E-state index contributed by atoms with van der Waals surface area (Å²) in [6.07, 6.45) is 3.03. The molecule has 11 nitrogen and oxygen atoms in total. The van der Waals surface area contributed by atoms with E-state index in [9.17, 15) is 24.0 Å². The van der Waals surface area contributed by atoms with Crippen LogP contribution in [0.4, 0.5) is 0 Å². The maximum absolute atomic E-state index is 14.1. The van der Waals surface area contributed by atoms with E-state index in [0.717, 1.165) is 49.8 Å². The molecule has 12 heteroatoms. The number of carbonyl (C=O) groups is 5. The monoisotopic (exact) mass is 816 g/mol. The molecule has 5 atom stereocenters. The number of ketones is 1. The molecule has 4 aromatic rings. The highest BCUT2D eigenvalue weighted by atomic mass is 32.1. The molecule has 59 heavy (non-hydrogen) atoms. The van der Waals surface area contributed by atoms with Crippen LogP contribution in [0, 0.1) is 25.7 Å². The van der Waals surface area contributed by atoms with Gasteiger partial charge in [-0.05, 0) is 86.3 Å². The molecule has 2 saturated heterocycles. The quantitative estimate of drug-likeness (QED) is 0.142. The van der Waals surface area contributed by atoms with Crippen molar-refractivity contribution >= 4 is 40.7 Å². The molecular weight excluding hydrogens is 761 g/mol. The van der Waals surface area contributed by atoms with Crippen molar-refractivity contribution in [3.63, 3.8) is 0 Å². The highest BCUT2D eigenvalue weighted by Crippen LogP contribution is 2.35. The molecule has 3 N–H and O–H groups in total. The van der Waals surface area contributed by atoms with Crippen molar-refractivity contribution in [1.29, 1.82) is 0 Å². The van der Waals surface area contributed by atoms with Gasteiger partial charge in [-0.2, -0.15) is 0 Å². The van der Waals surface area contributed by atoms with Crippen molar-refractivity contribution in [2.24, 2.45) is 17.6 Å². The van der Waals surface area contributed by atoms with Crippen LogP contribution < -0.4 is 11.1 Å². The number of thiazole rings is 1. The van der Waals surface area contributed by atoms with E-state index in [4.69, 9.17) is 10.7 Å². The number of aryl methyl sites for hydroxylation is 2. The fourth-order valence-corrected chi connectivity index (χ4v) is 10.2. The van der Waals surface area contributed by atoms with E-state index >= 15 is 0 Å². The van der Waals surface area contributed by atoms with Gasteiger partial charge in [-0.3, -0.25) is 24.0 Å². The molecule has 0 spiro atoms. The number of hydrogen-bond donors (Lipinski definition) is 2. The van der Waals surface area contributed by atoms with E-state index in [1.54, 1.807) is 21.1 Å². The minimum atomic E-state index is -0.652. The van der Waals surface area contributed by atoms with Crippen molar-refractivity contribution in [3.8, 4) is 10.4 Å². The van der Waals surface area contributed by atoms with Crippen molar-refractivity contribution in [1.82, 2.24) is 25.0 Å². The zero-order valence-corrected chi connectivity index (χ0v) is 35.6. The Morgan fingerprint density at radius 1 is 1.00 bits per heavy atom. The molecule has 1 aromatic heterocycles. The second-order valence-electron chi connectivity index (χ2n) is 17.0. The molecule has 7 rings (SSSR count). The summed E-state index contributed by atoms with van der Waals surface area (Å²) in [7, 11) is 0. The summed E-state index contributed by atoms with van der Waals surface area (Å²) < 4.78 is 0. The van der Waals surface area contributed by atoms with E-state index in [0.29, 0.717) is 51.0 Å². The van der Waals surface area contributed by atoms with Crippen LogP contribution in [0.2, 0.25) is 0 Å². The first-order valence-corrected chi connectivity index (χ1v) is 21.8. The summed E-state index contributed by atoms with van der Waals surface area (Å²) in [5.74, 6) is -0.936. The van der Waals surface area contributed by atoms with Gasteiger partial charge in [0, 0.05) is 56.0 Å². The van der Waals surface area contributed by atoms with Gasteiger partial charge >= 0.3 is 0 Å². The largest absolute Gasteiger partial charge is 0.350 e. The first kappa shape index (κ1) is 41.9. The number of aromatic nitrogens is 1. The number of benzene rings is 3. The molecule has 3 aliphatic heterocycles. The number of hydrogen-bond acceptors (Lipinski definition) is 8. The van der Waals surface area contributed by atoms with Crippen molar-refractivity contribution in [2.45, 2.75) is 117 Å². The Morgan fingerprint density at radius 3 is 2.47 bits per heavy atom. The van der Waals surface area contributed by atoms with E-state index in [-0.39, 0.29) is 66.2 Å². The Balaban J connectivity index is 0.933. The lowest BCUT2D eigenvalue weighted by molar-refractivity contribution is -0.143. The van der Waals surface area contributed by atoms with E-state index in [1.165, 1.54) is 0 Å². The van der Waals surface area contributed by atoms with Crippen molar-refractivity contribution in [2.75, 3.05) is 6.54 Å². The summed E-state index contributed by atoms with van der Waals surface area (Å²) in [5, 5.41) is 3.94. The number of rotatable bonds is 15. The lowest BCUT2D eigenvalue weighted by Gasteiger charge is -2.35. The summed E-state index contributed by atoms with van der Waals surface area (Å²) in [5.41, 5.74) is 12.8. The summed E-state index contributed by atoms with van der Waals surface area (Å²) in [6, 6.07) is 22.0. The van der Waals surface area contributed by atoms with Crippen LogP contribution in [0.15, 0.2) is 72.8 Å². The molecule has 3 aromatic carbocycles. The highest BCUT2D eigenvalue weighted by Gasteiger charge is 2.44. The highest BCUT2D eigenvalue weighted by molar-refractivity contribution is 7.15. The van der Waals surface area contributed by atoms with Crippen LogP contribution in [-0.2, 0) is 45.2 Å². The third kappa shape index (κ3) is 9.18. The lowest BCUT2D eigenvalue weighted by atomic mass is 9.94. The molecule has 0 aliphatic carbocycles. The van der Waals surface area contributed by atoms with Crippen molar-refractivity contribution in [3.05, 3.63) is 111 Å². The number of fused-ring (bicyclic) bond motifs is 1. The molecule has 3 unspecified atom stereocenters. The number of nitrogens with two attached hydrogens (primary N) is 1. The van der Waals surface area contributed by atoms with Gasteiger partial charge in [0.2, 0.25) is 17.7 Å². The van der Waals surface area contributed by atoms with Gasteiger partial charge in [-0.15, -0.1) is 11.3 Å². The van der Waals surface area contributed by atoms with Gasteiger partial charge in [0.1, 0.15) is 22.9 Å². The minimum absolute atomic E-state index is 0.000823. The fraction of sp³-hybridized carbons (Fsp3) is 0.447. The molecular formula is C47H56N6O5S. The second kappa shape index (κ2) is 18.0. The van der Waals surface area contributed by atoms with Crippen LogP contribution in [0.1, 0.15) is 96.2 Å². The SMILES string of the molecule is Cc1cc(-c2sc(CN3C(=O)[C@@H](CC(=O)C[C@H](N)Cc4ccccc4)CC3C)nc2C)ccc1CNC(=O)C1CCCN1C(=O)C(C(C)C)N1Cc2ccccc2C1=O. The van der Waals surface area contributed by atoms with Crippen molar-refractivity contribution < 1.29 is 24.0 Å². The molecule has 0 radical (unpaired) electrons. The molecule has 310 valence electrons. The molecule has 4 heterocycles. The first-order valence-electron chi connectivity index (χ1n) is 20.9. The van der Waals surface area contributed by atoms with Crippen LogP contribution in [-0.4, -0.2) is 79.8 Å². The fourth-order valence-electron chi connectivity index (χ4n) is 9.16. The number of nitrogens with zero attached hydrogens (tertiary/aromatic N) is 4. The number of carbonyl (C=O) groups excluding carboxylic acids is 5. The molecule has 0 bridgehead atoms. The van der Waals surface area contributed by atoms with Crippen LogP contribution in [0.3, 0.4) is 0 Å². The van der Waals surface area contributed by atoms with E-state index < -0.39 is 12.1 Å². The molecule has 2 fully saturated rings. The van der Waals surface area contributed by atoms with Gasteiger partial charge < -0.3 is 25.8 Å². The Kier molecular flexibility index (Phi) is 12.8. The molecule has 4 amide bonds. The Hall–Kier alpha value is -5.20. The Morgan fingerprint density at radius 2 is 1.75 bits per heavy atom. The maximum atomic E-state index is 14.1.